The molecule has 0 aliphatic rings. The Balaban J connectivity index is 2.47. The average molecular weight is 231 g/mol. The summed E-state index contributed by atoms with van der Waals surface area (Å²) in [7, 11) is 0. The van der Waals surface area contributed by atoms with Crippen LogP contribution in [0.15, 0.2) is 24.3 Å². The van der Waals surface area contributed by atoms with Gasteiger partial charge >= 0.3 is 0 Å². The van der Waals surface area contributed by atoms with Crippen molar-refractivity contribution in [2.75, 3.05) is 12.0 Å². The van der Waals surface area contributed by atoms with Gasteiger partial charge in [-0.2, -0.15) is 0 Å². The minimum atomic E-state index is 0.718. The third-order valence-corrected chi connectivity index (χ3v) is 2.54. The molecule has 0 fully saturated rings. The van der Waals surface area contributed by atoms with Crippen LogP contribution in [0.25, 0.3) is 10.9 Å². The Labute approximate surface area is 101 Å². The lowest BCUT2D eigenvalue weighted by Gasteiger charge is -2.09. The van der Waals surface area contributed by atoms with Gasteiger partial charge in [0.05, 0.1) is 17.8 Å². The van der Waals surface area contributed by atoms with Gasteiger partial charge in [-0.25, -0.2) is 0 Å². The van der Waals surface area contributed by atoms with Crippen LogP contribution < -0.4 is 16.0 Å². The van der Waals surface area contributed by atoms with Crippen molar-refractivity contribution in [1.29, 1.82) is 0 Å². The molecule has 0 amide bonds. The summed E-state index contributed by atoms with van der Waals surface area (Å²) in [4.78, 5) is 4.45. The Morgan fingerprint density at radius 1 is 1.35 bits per heavy atom. The number of ether oxygens (including phenoxy) is 1. The minimum Gasteiger partial charge on any atom is -0.494 e. The number of fused-ring (bicyclic) bond motifs is 1. The molecule has 1 aromatic carbocycles. The quantitative estimate of drug-likeness (QED) is 0.627. The van der Waals surface area contributed by atoms with Gasteiger partial charge in [0.25, 0.3) is 0 Å². The SMILES string of the molecule is CCCOc1ccc2nc(C)cc(NN)c2c1. The number of pyridine rings is 1. The van der Waals surface area contributed by atoms with Crippen molar-refractivity contribution >= 4 is 16.6 Å². The van der Waals surface area contributed by atoms with Gasteiger partial charge in [0.2, 0.25) is 0 Å². The molecule has 90 valence electrons. The predicted molar refractivity (Wildman–Crippen MR) is 70.1 cm³/mol. The van der Waals surface area contributed by atoms with Crippen LogP contribution in [0.4, 0.5) is 5.69 Å². The number of nitrogen functional groups attached to an aromatic ring is 1. The topological polar surface area (TPSA) is 60.2 Å². The van der Waals surface area contributed by atoms with Crippen molar-refractivity contribution in [2.45, 2.75) is 20.3 Å². The van der Waals surface area contributed by atoms with Gasteiger partial charge in [-0.15, -0.1) is 0 Å². The van der Waals surface area contributed by atoms with Gasteiger partial charge < -0.3 is 10.2 Å². The monoisotopic (exact) mass is 231 g/mol. The maximum atomic E-state index is 5.60. The van der Waals surface area contributed by atoms with E-state index < -0.39 is 0 Å². The van der Waals surface area contributed by atoms with E-state index in [0.717, 1.165) is 41.1 Å². The number of nitrogens with zero attached hydrogens (tertiary/aromatic N) is 1. The first-order valence-corrected chi connectivity index (χ1v) is 5.75. The van der Waals surface area contributed by atoms with E-state index in [1.165, 1.54) is 0 Å². The van der Waals surface area contributed by atoms with E-state index in [2.05, 4.69) is 17.3 Å². The number of benzene rings is 1. The molecule has 0 aliphatic carbocycles. The molecule has 0 spiro atoms. The zero-order valence-electron chi connectivity index (χ0n) is 10.2. The van der Waals surface area contributed by atoms with Crippen LogP contribution in [0.1, 0.15) is 19.0 Å². The number of anilines is 1. The van der Waals surface area contributed by atoms with Crippen LogP contribution >= 0.6 is 0 Å². The number of rotatable bonds is 4. The van der Waals surface area contributed by atoms with Crippen molar-refractivity contribution in [3.05, 3.63) is 30.0 Å². The Hall–Kier alpha value is -1.81. The van der Waals surface area contributed by atoms with E-state index in [4.69, 9.17) is 10.6 Å². The molecule has 0 aliphatic heterocycles. The fourth-order valence-electron chi connectivity index (χ4n) is 1.77. The summed E-state index contributed by atoms with van der Waals surface area (Å²) in [5.74, 6) is 6.37. The molecule has 2 rings (SSSR count). The van der Waals surface area contributed by atoms with Crippen LogP contribution in [0.2, 0.25) is 0 Å². The van der Waals surface area contributed by atoms with Gasteiger partial charge in [-0.05, 0) is 37.6 Å². The smallest absolute Gasteiger partial charge is 0.120 e. The third-order valence-electron chi connectivity index (χ3n) is 2.54. The number of nitrogens with one attached hydrogen (secondary N) is 1. The Morgan fingerprint density at radius 3 is 2.88 bits per heavy atom. The molecule has 0 bridgehead atoms. The van der Waals surface area contributed by atoms with Crippen LogP contribution in [-0.4, -0.2) is 11.6 Å². The highest BCUT2D eigenvalue weighted by Crippen LogP contribution is 2.26. The summed E-state index contributed by atoms with van der Waals surface area (Å²) in [5.41, 5.74) is 5.42. The lowest BCUT2D eigenvalue weighted by Crippen LogP contribution is -2.08. The van der Waals surface area contributed by atoms with E-state index >= 15 is 0 Å². The summed E-state index contributed by atoms with van der Waals surface area (Å²) < 4.78 is 5.60. The summed E-state index contributed by atoms with van der Waals surface area (Å²) in [5, 5.41) is 0.978. The molecular weight excluding hydrogens is 214 g/mol. The first kappa shape index (κ1) is 11.7. The van der Waals surface area contributed by atoms with Gasteiger partial charge in [0, 0.05) is 11.1 Å². The van der Waals surface area contributed by atoms with Crippen molar-refractivity contribution in [3.8, 4) is 5.75 Å². The second kappa shape index (κ2) is 5.01. The Bertz CT molecular complexity index is 525. The second-order valence-electron chi connectivity index (χ2n) is 3.98. The predicted octanol–water partition coefficient (Wildman–Crippen LogP) is 2.62. The molecule has 3 N–H and O–H groups in total. The summed E-state index contributed by atoms with van der Waals surface area (Å²) >= 11 is 0. The van der Waals surface area contributed by atoms with Gasteiger partial charge in [0.1, 0.15) is 5.75 Å². The fraction of sp³-hybridized carbons (Fsp3) is 0.308. The van der Waals surface area contributed by atoms with Crippen LogP contribution in [0, 0.1) is 6.92 Å². The summed E-state index contributed by atoms with van der Waals surface area (Å²) in [6.45, 7) is 4.75. The lowest BCUT2D eigenvalue weighted by molar-refractivity contribution is 0.318. The maximum absolute atomic E-state index is 5.60. The van der Waals surface area contributed by atoms with Crippen LogP contribution in [0.5, 0.6) is 5.75 Å². The zero-order chi connectivity index (χ0) is 12.3. The Morgan fingerprint density at radius 2 is 2.18 bits per heavy atom. The summed E-state index contributed by atoms with van der Waals surface area (Å²) in [6.07, 6.45) is 0.992. The van der Waals surface area contributed by atoms with Crippen molar-refractivity contribution in [1.82, 2.24) is 4.98 Å². The van der Waals surface area contributed by atoms with Crippen LogP contribution in [-0.2, 0) is 0 Å². The molecule has 4 nitrogen and oxygen atoms in total. The number of aromatic nitrogens is 1. The number of hydrazine groups is 1. The highest BCUT2D eigenvalue weighted by atomic mass is 16.5. The number of hydrogen-bond donors (Lipinski definition) is 2. The molecule has 4 heteroatoms. The van der Waals surface area contributed by atoms with E-state index in [1.54, 1.807) is 0 Å². The highest BCUT2D eigenvalue weighted by molar-refractivity contribution is 5.92. The Kier molecular flexibility index (Phi) is 3.44. The number of hydrogen-bond acceptors (Lipinski definition) is 4. The largest absolute Gasteiger partial charge is 0.494 e. The standard InChI is InChI=1S/C13H17N3O/c1-3-6-17-10-4-5-12-11(8-10)13(16-14)7-9(2)15-12/h4-5,7-8H,3,6,14H2,1-2H3,(H,15,16). The lowest BCUT2D eigenvalue weighted by atomic mass is 10.1. The van der Waals surface area contributed by atoms with Gasteiger partial charge in [-0.1, -0.05) is 6.92 Å². The van der Waals surface area contributed by atoms with E-state index in [1.807, 2.05) is 31.2 Å². The molecule has 17 heavy (non-hydrogen) atoms. The third kappa shape index (κ3) is 2.47. The van der Waals surface area contributed by atoms with E-state index in [9.17, 15) is 0 Å². The second-order valence-corrected chi connectivity index (χ2v) is 3.98. The van der Waals surface area contributed by atoms with E-state index in [0.29, 0.717) is 0 Å². The first-order valence-electron chi connectivity index (χ1n) is 5.75. The molecule has 1 heterocycles. The fourth-order valence-corrected chi connectivity index (χ4v) is 1.77. The van der Waals surface area contributed by atoms with E-state index in [-0.39, 0.29) is 0 Å². The summed E-state index contributed by atoms with van der Waals surface area (Å²) in [6, 6.07) is 7.78. The van der Waals surface area contributed by atoms with Crippen LogP contribution in [0.3, 0.4) is 0 Å². The molecule has 1 aromatic heterocycles. The number of nitrogens with two attached hydrogens (primary N) is 1. The van der Waals surface area contributed by atoms with Crippen molar-refractivity contribution < 1.29 is 4.74 Å². The van der Waals surface area contributed by atoms with Gasteiger partial charge in [-0.3, -0.25) is 10.8 Å². The highest BCUT2D eigenvalue weighted by Gasteiger charge is 2.04. The molecular formula is C13H17N3O. The number of aryl methyl sites for hydroxylation is 1. The molecule has 0 atom stereocenters. The van der Waals surface area contributed by atoms with Crippen molar-refractivity contribution in [3.63, 3.8) is 0 Å². The molecule has 0 saturated heterocycles. The zero-order valence-corrected chi connectivity index (χ0v) is 10.2. The normalized spacial score (nSPS) is 10.5. The molecule has 0 saturated carbocycles. The first-order chi connectivity index (χ1) is 8.24. The maximum Gasteiger partial charge on any atom is 0.120 e. The van der Waals surface area contributed by atoms with Gasteiger partial charge in [0.15, 0.2) is 0 Å². The average Bonchev–Trinajstić information content (AvgIpc) is 2.35. The molecule has 0 radical (unpaired) electrons. The molecule has 2 aromatic rings. The molecule has 0 unspecified atom stereocenters. The van der Waals surface area contributed by atoms with Crippen molar-refractivity contribution in [2.24, 2.45) is 5.84 Å². The minimum absolute atomic E-state index is 0.718.